The highest BCUT2D eigenvalue weighted by molar-refractivity contribution is 5.69. The quantitative estimate of drug-likeness (QED) is 0.561. The van der Waals surface area contributed by atoms with E-state index in [1.807, 2.05) is 0 Å². The van der Waals surface area contributed by atoms with Crippen LogP contribution < -0.4 is 5.11 Å². The van der Waals surface area contributed by atoms with E-state index in [0.717, 1.165) is 51.4 Å². The molecule has 4 aliphatic rings. The monoisotopic (exact) mass is 359 g/mol. The molecule has 0 heterocycles. The number of esters is 1. The van der Waals surface area contributed by atoms with Gasteiger partial charge in [-0.3, -0.25) is 4.79 Å². The fraction of sp³-hybridized carbons (Fsp3) is 0.818. The molecule has 4 heteroatoms. The minimum Gasteiger partial charge on any atom is -0.550 e. The van der Waals surface area contributed by atoms with E-state index in [0.29, 0.717) is 17.8 Å². The molecule has 0 bridgehead atoms. The maximum atomic E-state index is 11.7. The summed E-state index contributed by atoms with van der Waals surface area (Å²) in [6.45, 7) is 6.11. The lowest BCUT2D eigenvalue weighted by Gasteiger charge is -2.58. The van der Waals surface area contributed by atoms with Gasteiger partial charge in [-0.1, -0.05) is 25.5 Å². The van der Waals surface area contributed by atoms with Crippen LogP contribution in [0.15, 0.2) is 11.6 Å². The number of hydrogen-bond acceptors (Lipinski definition) is 4. The van der Waals surface area contributed by atoms with Crippen molar-refractivity contribution in [3.63, 3.8) is 0 Å². The van der Waals surface area contributed by atoms with E-state index < -0.39 is 5.97 Å². The Hall–Kier alpha value is -1.32. The number of hydrogen-bond donors (Lipinski definition) is 0. The highest BCUT2D eigenvalue weighted by atomic mass is 16.5. The molecule has 0 unspecified atom stereocenters. The van der Waals surface area contributed by atoms with E-state index in [4.69, 9.17) is 4.74 Å². The van der Waals surface area contributed by atoms with Gasteiger partial charge in [0.05, 0.1) is 0 Å². The Balaban J connectivity index is 1.59. The third-order valence-corrected chi connectivity index (χ3v) is 8.68. The van der Waals surface area contributed by atoms with Crippen molar-refractivity contribution >= 4 is 11.9 Å². The van der Waals surface area contributed by atoms with Gasteiger partial charge in [0.25, 0.3) is 0 Å². The first-order valence-corrected chi connectivity index (χ1v) is 10.3. The lowest BCUT2D eigenvalue weighted by molar-refractivity contribution is -0.315. The van der Waals surface area contributed by atoms with Crippen molar-refractivity contribution in [2.24, 2.45) is 34.5 Å². The Kier molecular flexibility index (Phi) is 4.24. The fourth-order valence-electron chi connectivity index (χ4n) is 7.35. The first kappa shape index (κ1) is 18.1. The largest absolute Gasteiger partial charge is 0.550 e. The molecule has 0 N–H and O–H groups in total. The van der Waals surface area contributed by atoms with E-state index in [1.54, 1.807) is 0 Å². The molecule has 4 aliphatic carbocycles. The Morgan fingerprint density at radius 3 is 2.58 bits per heavy atom. The number of carbonyl (C=O) groups is 2. The summed E-state index contributed by atoms with van der Waals surface area (Å²) < 4.78 is 5.50. The Morgan fingerprint density at radius 2 is 1.88 bits per heavy atom. The van der Waals surface area contributed by atoms with Crippen LogP contribution in [0.2, 0.25) is 0 Å². The minimum absolute atomic E-state index is 0.0335. The average Bonchev–Trinajstić information content (AvgIpc) is 2.92. The Labute approximate surface area is 156 Å². The number of carboxylic acid groups (broad SMARTS) is 1. The number of carbonyl (C=O) groups excluding carboxylic acids is 2. The topological polar surface area (TPSA) is 66.4 Å². The maximum absolute atomic E-state index is 11.7. The van der Waals surface area contributed by atoms with Gasteiger partial charge >= 0.3 is 5.97 Å². The van der Waals surface area contributed by atoms with Crippen LogP contribution in [0.3, 0.4) is 0 Å². The van der Waals surface area contributed by atoms with Crippen molar-refractivity contribution in [1.29, 1.82) is 0 Å². The van der Waals surface area contributed by atoms with Gasteiger partial charge in [0.2, 0.25) is 0 Å². The molecule has 3 saturated carbocycles. The summed E-state index contributed by atoms with van der Waals surface area (Å²) >= 11 is 0. The summed E-state index contributed by atoms with van der Waals surface area (Å²) in [5.74, 6) is 0.446. The molecule has 0 aromatic carbocycles. The van der Waals surface area contributed by atoms with Crippen molar-refractivity contribution < 1.29 is 19.4 Å². The second-order valence-corrected chi connectivity index (χ2v) is 9.73. The smallest absolute Gasteiger partial charge is 0.302 e. The number of carboxylic acids is 1. The first-order valence-electron chi connectivity index (χ1n) is 10.3. The summed E-state index contributed by atoms with van der Waals surface area (Å²) in [5, 5.41) is 11.7. The van der Waals surface area contributed by atoms with E-state index in [-0.39, 0.29) is 28.8 Å². The molecule has 0 aromatic rings. The molecule has 4 rings (SSSR count). The Bertz CT molecular complexity index is 653. The van der Waals surface area contributed by atoms with Crippen molar-refractivity contribution in [2.45, 2.75) is 78.2 Å². The SMILES string of the molecule is CC(=O)O[C@H]1CC[C@@]2(C)C(=CC[C@H]3[C@@H]4CC[C@H](C(=O)[O-])[C@@]4(C)CC[C@@H]32)C1. The van der Waals surface area contributed by atoms with Crippen LogP contribution >= 0.6 is 0 Å². The molecule has 3 fully saturated rings. The van der Waals surface area contributed by atoms with E-state index in [1.165, 1.54) is 12.5 Å². The van der Waals surface area contributed by atoms with Crippen LogP contribution in [0, 0.1) is 34.5 Å². The number of allylic oxidation sites excluding steroid dienone is 1. The molecule has 144 valence electrons. The number of rotatable bonds is 2. The maximum Gasteiger partial charge on any atom is 0.302 e. The van der Waals surface area contributed by atoms with Crippen LogP contribution in [0.25, 0.3) is 0 Å². The second-order valence-electron chi connectivity index (χ2n) is 9.73. The molecule has 0 aliphatic heterocycles. The zero-order chi connectivity index (χ0) is 18.7. The lowest BCUT2D eigenvalue weighted by Crippen LogP contribution is -2.52. The van der Waals surface area contributed by atoms with Crippen LogP contribution in [0.5, 0.6) is 0 Å². The zero-order valence-corrected chi connectivity index (χ0v) is 16.3. The standard InChI is InChI=1S/C22H32O4/c1-13(23)26-15-8-10-21(2)14(12-15)4-5-16-17-6-7-19(20(24)25)22(17,3)11-9-18(16)21/h4,15-19H,5-12H2,1-3H3,(H,24,25)/p-1/t15-,16-,17-,18-,19+,21-,22-/m0/s1. The van der Waals surface area contributed by atoms with Gasteiger partial charge in [-0.25, -0.2) is 0 Å². The van der Waals surface area contributed by atoms with E-state index in [2.05, 4.69) is 19.9 Å². The predicted molar refractivity (Wildman–Crippen MR) is 95.8 cm³/mol. The average molecular weight is 359 g/mol. The van der Waals surface area contributed by atoms with Crippen molar-refractivity contribution in [2.75, 3.05) is 0 Å². The van der Waals surface area contributed by atoms with Gasteiger partial charge in [-0.05, 0) is 73.5 Å². The minimum atomic E-state index is -0.839. The lowest BCUT2D eigenvalue weighted by atomic mass is 9.47. The van der Waals surface area contributed by atoms with Gasteiger partial charge < -0.3 is 14.6 Å². The summed E-state index contributed by atoms with van der Waals surface area (Å²) in [7, 11) is 0. The predicted octanol–water partition coefficient (Wildman–Crippen LogP) is 3.25. The Morgan fingerprint density at radius 1 is 1.12 bits per heavy atom. The highest BCUT2D eigenvalue weighted by Gasteiger charge is 2.58. The number of fused-ring (bicyclic) bond motifs is 5. The van der Waals surface area contributed by atoms with Gasteiger partial charge in [0.15, 0.2) is 0 Å². The van der Waals surface area contributed by atoms with Gasteiger partial charge in [0.1, 0.15) is 6.10 Å². The second kappa shape index (κ2) is 6.10. The molecule has 26 heavy (non-hydrogen) atoms. The molecule has 0 saturated heterocycles. The molecule has 0 radical (unpaired) electrons. The van der Waals surface area contributed by atoms with Crippen molar-refractivity contribution in [3.05, 3.63) is 11.6 Å². The van der Waals surface area contributed by atoms with Gasteiger partial charge in [-0.2, -0.15) is 0 Å². The zero-order valence-electron chi connectivity index (χ0n) is 16.3. The molecule has 7 atom stereocenters. The molecule has 4 nitrogen and oxygen atoms in total. The van der Waals surface area contributed by atoms with Crippen molar-refractivity contribution in [1.82, 2.24) is 0 Å². The highest BCUT2D eigenvalue weighted by Crippen LogP contribution is 2.66. The number of ether oxygens (including phenoxy) is 1. The first-order chi connectivity index (χ1) is 12.3. The summed E-state index contributed by atoms with van der Waals surface area (Å²) in [6.07, 6.45) is 10.3. The van der Waals surface area contributed by atoms with Gasteiger partial charge in [0, 0.05) is 25.2 Å². The van der Waals surface area contributed by atoms with Crippen molar-refractivity contribution in [3.8, 4) is 0 Å². The van der Waals surface area contributed by atoms with Crippen LogP contribution in [0.4, 0.5) is 0 Å². The van der Waals surface area contributed by atoms with Crippen LogP contribution in [-0.2, 0) is 14.3 Å². The molecule has 0 aromatic heterocycles. The fourth-order valence-corrected chi connectivity index (χ4v) is 7.35. The molecule has 0 spiro atoms. The van der Waals surface area contributed by atoms with Crippen LogP contribution in [0.1, 0.15) is 72.1 Å². The summed E-state index contributed by atoms with van der Waals surface area (Å²) in [6, 6.07) is 0. The third kappa shape index (κ3) is 2.55. The summed E-state index contributed by atoms with van der Waals surface area (Å²) in [4.78, 5) is 23.0. The van der Waals surface area contributed by atoms with E-state index in [9.17, 15) is 14.7 Å². The number of aliphatic carboxylic acids is 1. The van der Waals surface area contributed by atoms with Crippen LogP contribution in [-0.4, -0.2) is 18.0 Å². The van der Waals surface area contributed by atoms with Gasteiger partial charge in [-0.15, -0.1) is 0 Å². The molecular weight excluding hydrogens is 328 g/mol. The molecular formula is C22H31O4-. The van der Waals surface area contributed by atoms with E-state index >= 15 is 0 Å². The normalized spacial score (nSPS) is 47.2. The summed E-state index contributed by atoms with van der Waals surface area (Å²) in [5.41, 5.74) is 1.59. The molecule has 0 amide bonds. The third-order valence-electron chi connectivity index (χ3n) is 8.68.